The summed E-state index contributed by atoms with van der Waals surface area (Å²) in [5.41, 5.74) is 0. The van der Waals surface area contributed by atoms with Crippen LogP contribution >= 0.6 is 11.8 Å². The van der Waals surface area contributed by atoms with Crippen molar-refractivity contribution in [3.05, 3.63) is 0 Å². The molecular formula is C13H22N2O3S. The normalized spacial score (nSPS) is 31.3. The maximum absolute atomic E-state index is 12.6. The van der Waals surface area contributed by atoms with Gasteiger partial charge in [-0.3, -0.25) is 4.79 Å². The van der Waals surface area contributed by atoms with Crippen LogP contribution in [0.2, 0.25) is 0 Å². The van der Waals surface area contributed by atoms with Crippen molar-refractivity contribution >= 4 is 23.6 Å². The van der Waals surface area contributed by atoms with E-state index in [1.54, 1.807) is 23.6 Å². The van der Waals surface area contributed by atoms with Gasteiger partial charge in [-0.25, -0.2) is 4.79 Å². The third kappa shape index (κ3) is 3.23. The molecule has 6 heteroatoms. The number of esters is 1. The molecule has 2 heterocycles. The van der Waals surface area contributed by atoms with Crippen LogP contribution < -0.4 is 5.32 Å². The van der Waals surface area contributed by atoms with Crippen molar-refractivity contribution in [2.24, 2.45) is 5.92 Å². The molecule has 0 aromatic rings. The largest absolute Gasteiger partial charge is 0.464 e. The highest BCUT2D eigenvalue weighted by Crippen LogP contribution is 2.24. The van der Waals surface area contributed by atoms with E-state index in [0.29, 0.717) is 18.9 Å². The summed E-state index contributed by atoms with van der Waals surface area (Å²) in [5.74, 6) is 1.40. The van der Waals surface area contributed by atoms with E-state index in [-0.39, 0.29) is 23.8 Å². The molecule has 0 bridgehead atoms. The summed E-state index contributed by atoms with van der Waals surface area (Å²) in [6.45, 7) is 5.72. The Hall–Kier alpha value is -0.750. The molecule has 2 saturated heterocycles. The van der Waals surface area contributed by atoms with Crippen molar-refractivity contribution in [3.8, 4) is 0 Å². The lowest BCUT2D eigenvalue weighted by Crippen LogP contribution is -2.53. The Balaban J connectivity index is 2.06. The molecule has 2 fully saturated rings. The first-order valence-electron chi connectivity index (χ1n) is 6.93. The summed E-state index contributed by atoms with van der Waals surface area (Å²) >= 11 is 1.71. The van der Waals surface area contributed by atoms with E-state index < -0.39 is 6.04 Å². The van der Waals surface area contributed by atoms with Crippen LogP contribution in [0.5, 0.6) is 0 Å². The fourth-order valence-corrected chi connectivity index (χ4v) is 3.74. The summed E-state index contributed by atoms with van der Waals surface area (Å²) in [6, 6.07) is -0.205. The van der Waals surface area contributed by atoms with Crippen molar-refractivity contribution in [2.45, 2.75) is 32.4 Å². The fourth-order valence-electron chi connectivity index (χ4n) is 2.71. The van der Waals surface area contributed by atoms with E-state index in [2.05, 4.69) is 5.32 Å². The average molecular weight is 286 g/mol. The Morgan fingerprint density at radius 2 is 2.26 bits per heavy atom. The molecule has 0 saturated carbocycles. The number of ether oxygens (including phenoxy) is 1. The van der Waals surface area contributed by atoms with Crippen molar-refractivity contribution in [3.63, 3.8) is 0 Å². The van der Waals surface area contributed by atoms with Crippen LogP contribution in [0.1, 0.15) is 20.3 Å². The van der Waals surface area contributed by atoms with Gasteiger partial charge in [0.05, 0.1) is 12.5 Å². The van der Waals surface area contributed by atoms with Gasteiger partial charge in [-0.05, 0) is 26.8 Å². The minimum absolute atomic E-state index is 0.0000246. The first-order chi connectivity index (χ1) is 9.15. The smallest absolute Gasteiger partial charge is 0.329 e. The van der Waals surface area contributed by atoms with Gasteiger partial charge in [0.2, 0.25) is 5.91 Å². The van der Waals surface area contributed by atoms with Gasteiger partial charge < -0.3 is 15.0 Å². The molecule has 2 rings (SSSR count). The molecule has 0 aromatic heterocycles. The summed E-state index contributed by atoms with van der Waals surface area (Å²) < 4.78 is 5.09. The Labute approximate surface area is 118 Å². The molecule has 108 valence electrons. The van der Waals surface area contributed by atoms with E-state index in [1.165, 1.54) is 0 Å². The van der Waals surface area contributed by atoms with Gasteiger partial charge in [0.15, 0.2) is 0 Å². The zero-order valence-electron chi connectivity index (χ0n) is 11.6. The highest BCUT2D eigenvalue weighted by molar-refractivity contribution is 7.99. The SMILES string of the molecule is CCOC(=O)C1CSCCN1C(=O)C1CCNC1C. The lowest BCUT2D eigenvalue weighted by molar-refractivity contribution is -0.155. The topological polar surface area (TPSA) is 58.6 Å². The molecule has 3 unspecified atom stereocenters. The number of rotatable bonds is 3. The minimum Gasteiger partial charge on any atom is -0.464 e. The van der Waals surface area contributed by atoms with Crippen molar-refractivity contribution < 1.29 is 14.3 Å². The Morgan fingerprint density at radius 3 is 2.89 bits per heavy atom. The van der Waals surface area contributed by atoms with Crippen LogP contribution in [-0.2, 0) is 14.3 Å². The first-order valence-corrected chi connectivity index (χ1v) is 8.08. The third-order valence-electron chi connectivity index (χ3n) is 3.81. The number of carbonyl (C=O) groups is 2. The highest BCUT2D eigenvalue weighted by Gasteiger charge is 2.39. The van der Waals surface area contributed by atoms with Crippen LogP contribution in [-0.4, -0.2) is 60.1 Å². The quantitative estimate of drug-likeness (QED) is 0.765. The number of nitrogens with one attached hydrogen (secondary N) is 1. The predicted molar refractivity (Wildman–Crippen MR) is 75.0 cm³/mol. The summed E-state index contributed by atoms with van der Waals surface area (Å²) in [5, 5.41) is 3.29. The fraction of sp³-hybridized carbons (Fsp3) is 0.846. The lowest BCUT2D eigenvalue weighted by atomic mass is 9.99. The van der Waals surface area contributed by atoms with Gasteiger partial charge in [-0.1, -0.05) is 0 Å². The number of hydrogen-bond acceptors (Lipinski definition) is 5. The summed E-state index contributed by atoms with van der Waals surface area (Å²) in [7, 11) is 0. The van der Waals surface area contributed by atoms with Gasteiger partial charge in [-0.2, -0.15) is 11.8 Å². The van der Waals surface area contributed by atoms with E-state index >= 15 is 0 Å². The number of amides is 1. The number of carbonyl (C=O) groups excluding carboxylic acids is 2. The molecule has 1 N–H and O–H groups in total. The lowest BCUT2D eigenvalue weighted by Gasteiger charge is -2.36. The van der Waals surface area contributed by atoms with Gasteiger partial charge in [0.1, 0.15) is 6.04 Å². The van der Waals surface area contributed by atoms with Crippen LogP contribution in [0.3, 0.4) is 0 Å². The van der Waals surface area contributed by atoms with Gasteiger partial charge in [0.25, 0.3) is 0 Å². The monoisotopic (exact) mass is 286 g/mol. The molecular weight excluding hydrogens is 264 g/mol. The number of hydrogen-bond donors (Lipinski definition) is 1. The second kappa shape index (κ2) is 6.61. The summed E-state index contributed by atoms with van der Waals surface area (Å²) in [4.78, 5) is 26.3. The van der Waals surface area contributed by atoms with Gasteiger partial charge >= 0.3 is 5.97 Å². The molecule has 5 nitrogen and oxygen atoms in total. The maximum Gasteiger partial charge on any atom is 0.329 e. The first kappa shape index (κ1) is 14.7. The second-order valence-electron chi connectivity index (χ2n) is 5.01. The molecule has 0 spiro atoms. The van der Waals surface area contributed by atoms with Crippen molar-refractivity contribution in [2.75, 3.05) is 31.2 Å². The molecule has 0 aromatic carbocycles. The highest BCUT2D eigenvalue weighted by atomic mass is 32.2. The summed E-state index contributed by atoms with van der Waals surface area (Å²) in [6.07, 6.45) is 0.860. The molecule has 2 aliphatic rings. The Kier molecular flexibility index (Phi) is 5.10. The molecule has 2 aliphatic heterocycles. The van der Waals surface area contributed by atoms with E-state index in [0.717, 1.165) is 18.7 Å². The standard InChI is InChI=1S/C13H22N2O3S/c1-3-18-13(17)11-8-19-7-6-15(11)12(16)10-4-5-14-9(10)2/h9-11,14H,3-8H2,1-2H3. The zero-order chi connectivity index (χ0) is 13.8. The van der Waals surface area contributed by atoms with Crippen LogP contribution in [0.15, 0.2) is 0 Å². The van der Waals surface area contributed by atoms with Gasteiger partial charge in [0, 0.05) is 24.1 Å². The predicted octanol–water partition coefficient (Wildman–Crippen LogP) is 0.492. The molecule has 1 amide bonds. The van der Waals surface area contributed by atoms with Crippen LogP contribution in [0.25, 0.3) is 0 Å². The van der Waals surface area contributed by atoms with E-state index in [9.17, 15) is 9.59 Å². The van der Waals surface area contributed by atoms with E-state index in [1.807, 2.05) is 6.92 Å². The van der Waals surface area contributed by atoms with Crippen molar-refractivity contribution in [1.82, 2.24) is 10.2 Å². The van der Waals surface area contributed by atoms with Gasteiger partial charge in [-0.15, -0.1) is 0 Å². The molecule has 0 radical (unpaired) electrons. The number of nitrogens with zero attached hydrogens (tertiary/aromatic N) is 1. The van der Waals surface area contributed by atoms with E-state index in [4.69, 9.17) is 4.74 Å². The van der Waals surface area contributed by atoms with Crippen molar-refractivity contribution in [1.29, 1.82) is 0 Å². The second-order valence-corrected chi connectivity index (χ2v) is 6.16. The number of thioether (sulfide) groups is 1. The average Bonchev–Trinajstić information content (AvgIpc) is 2.84. The van der Waals surface area contributed by atoms with Crippen LogP contribution in [0, 0.1) is 5.92 Å². The Bertz CT molecular complexity index is 351. The Morgan fingerprint density at radius 1 is 1.47 bits per heavy atom. The third-order valence-corrected chi connectivity index (χ3v) is 4.84. The zero-order valence-corrected chi connectivity index (χ0v) is 12.4. The molecule has 0 aliphatic carbocycles. The minimum atomic E-state index is -0.404. The molecule has 3 atom stereocenters. The molecule has 19 heavy (non-hydrogen) atoms. The van der Waals surface area contributed by atoms with Crippen LogP contribution in [0.4, 0.5) is 0 Å². The maximum atomic E-state index is 12.6.